The molecule has 2 aromatic rings. The highest BCUT2D eigenvalue weighted by atomic mass is 35.5. The van der Waals surface area contributed by atoms with E-state index in [2.05, 4.69) is 21.6 Å². The number of amides is 2. The van der Waals surface area contributed by atoms with Crippen molar-refractivity contribution in [3.63, 3.8) is 0 Å². The van der Waals surface area contributed by atoms with Gasteiger partial charge in [-0.3, -0.25) is 14.5 Å². The van der Waals surface area contributed by atoms with Crippen LogP contribution in [0, 0.1) is 0 Å². The Morgan fingerprint density at radius 1 is 1.29 bits per heavy atom. The SMILES string of the molecule is COc1cccc(C(CNC(=O)CC2Sc3ccc(Cl)cc3NC2=O)N2CCCC2)c1. The summed E-state index contributed by atoms with van der Waals surface area (Å²) in [5, 5.41) is 6.03. The summed E-state index contributed by atoms with van der Waals surface area (Å²) in [4.78, 5) is 28.5. The summed E-state index contributed by atoms with van der Waals surface area (Å²) < 4.78 is 5.38. The zero-order valence-corrected chi connectivity index (χ0v) is 19.0. The maximum absolute atomic E-state index is 12.7. The standard InChI is InChI=1S/C23H26ClN3O3S/c1-30-17-6-4-5-15(11-17)19(27-9-2-3-10-27)14-25-22(28)13-21-23(29)26-18-12-16(24)7-8-20(18)31-21/h4-8,11-12,19,21H,2-3,9-10,13-14H2,1H3,(H,25,28)(H,26,29). The number of ether oxygens (including phenoxy) is 1. The van der Waals surface area contributed by atoms with E-state index in [0.717, 1.165) is 42.1 Å². The molecule has 6 nitrogen and oxygen atoms in total. The van der Waals surface area contributed by atoms with Gasteiger partial charge >= 0.3 is 0 Å². The Bertz CT molecular complexity index is 965. The third-order valence-corrected chi connectivity index (χ3v) is 7.19. The number of halogens is 1. The highest BCUT2D eigenvalue weighted by Crippen LogP contribution is 2.38. The van der Waals surface area contributed by atoms with E-state index in [-0.39, 0.29) is 24.3 Å². The van der Waals surface area contributed by atoms with E-state index in [1.165, 1.54) is 11.8 Å². The van der Waals surface area contributed by atoms with Crippen LogP contribution in [0.15, 0.2) is 47.4 Å². The monoisotopic (exact) mass is 459 g/mol. The van der Waals surface area contributed by atoms with Gasteiger partial charge in [-0.25, -0.2) is 0 Å². The number of hydrogen-bond acceptors (Lipinski definition) is 5. The van der Waals surface area contributed by atoms with Gasteiger partial charge in [0.2, 0.25) is 11.8 Å². The second kappa shape index (κ2) is 9.94. The summed E-state index contributed by atoms with van der Waals surface area (Å²) >= 11 is 7.41. The molecule has 0 bridgehead atoms. The average molecular weight is 460 g/mol. The number of fused-ring (bicyclic) bond motifs is 1. The van der Waals surface area contributed by atoms with Crippen LogP contribution in [0.2, 0.25) is 5.02 Å². The van der Waals surface area contributed by atoms with Crippen LogP contribution in [-0.4, -0.2) is 48.7 Å². The normalized spacial score (nSPS) is 19.4. The van der Waals surface area contributed by atoms with Crippen molar-refractivity contribution >= 4 is 40.9 Å². The molecule has 2 aromatic carbocycles. The van der Waals surface area contributed by atoms with Gasteiger partial charge in [0.15, 0.2) is 0 Å². The Hall–Kier alpha value is -2.22. The Labute approximate surface area is 191 Å². The van der Waals surface area contributed by atoms with Crippen LogP contribution in [0.3, 0.4) is 0 Å². The predicted octanol–water partition coefficient (Wildman–Crippen LogP) is 4.10. The zero-order chi connectivity index (χ0) is 21.8. The summed E-state index contributed by atoms with van der Waals surface area (Å²) in [5.41, 5.74) is 1.82. The fourth-order valence-corrected chi connectivity index (χ4v) is 5.33. The van der Waals surface area contributed by atoms with Gasteiger partial charge in [-0.15, -0.1) is 11.8 Å². The lowest BCUT2D eigenvalue weighted by Crippen LogP contribution is -2.39. The smallest absolute Gasteiger partial charge is 0.238 e. The van der Waals surface area contributed by atoms with Gasteiger partial charge in [0.1, 0.15) is 5.75 Å². The highest BCUT2D eigenvalue weighted by molar-refractivity contribution is 8.01. The molecule has 0 aromatic heterocycles. The molecule has 0 radical (unpaired) electrons. The van der Waals surface area contributed by atoms with Crippen LogP contribution in [-0.2, 0) is 9.59 Å². The number of benzene rings is 2. The van der Waals surface area contributed by atoms with Crippen molar-refractivity contribution in [3.05, 3.63) is 53.1 Å². The number of carbonyl (C=O) groups is 2. The first-order valence-electron chi connectivity index (χ1n) is 10.5. The predicted molar refractivity (Wildman–Crippen MR) is 124 cm³/mol. The molecule has 2 amide bonds. The van der Waals surface area contributed by atoms with E-state index >= 15 is 0 Å². The maximum Gasteiger partial charge on any atom is 0.238 e. The number of thioether (sulfide) groups is 1. The first kappa shape index (κ1) is 22.0. The minimum absolute atomic E-state index is 0.0808. The zero-order valence-electron chi connectivity index (χ0n) is 17.4. The molecule has 164 valence electrons. The van der Waals surface area contributed by atoms with Gasteiger partial charge in [-0.2, -0.15) is 0 Å². The molecular formula is C23H26ClN3O3S. The largest absolute Gasteiger partial charge is 0.497 e. The Morgan fingerprint density at radius 3 is 2.87 bits per heavy atom. The number of nitrogens with one attached hydrogen (secondary N) is 2. The van der Waals surface area contributed by atoms with Gasteiger partial charge < -0.3 is 15.4 Å². The molecule has 2 aliphatic rings. The fraction of sp³-hybridized carbons (Fsp3) is 0.391. The molecule has 4 rings (SSSR count). The minimum atomic E-state index is -0.462. The number of carbonyl (C=O) groups excluding carboxylic acids is 2. The van der Waals surface area contributed by atoms with E-state index in [9.17, 15) is 9.59 Å². The van der Waals surface area contributed by atoms with Crippen molar-refractivity contribution in [3.8, 4) is 5.75 Å². The van der Waals surface area contributed by atoms with E-state index in [0.29, 0.717) is 17.3 Å². The van der Waals surface area contributed by atoms with Crippen molar-refractivity contribution in [2.75, 3.05) is 32.1 Å². The van der Waals surface area contributed by atoms with Crippen LogP contribution in [0.1, 0.15) is 30.9 Å². The summed E-state index contributed by atoms with van der Waals surface area (Å²) in [6, 6.07) is 13.5. The molecule has 1 fully saturated rings. The molecule has 0 spiro atoms. The lowest BCUT2D eigenvalue weighted by molar-refractivity contribution is -0.124. The lowest BCUT2D eigenvalue weighted by atomic mass is 10.0. The minimum Gasteiger partial charge on any atom is -0.497 e. The number of anilines is 1. The van der Waals surface area contributed by atoms with Crippen LogP contribution in [0.5, 0.6) is 5.75 Å². The summed E-state index contributed by atoms with van der Waals surface area (Å²) in [6.07, 6.45) is 2.46. The quantitative estimate of drug-likeness (QED) is 0.652. The van der Waals surface area contributed by atoms with Gasteiger partial charge in [0.05, 0.1) is 24.1 Å². The first-order chi connectivity index (χ1) is 15.0. The van der Waals surface area contributed by atoms with Gasteiger partial charge in [-0.05, 0) is 61.8 Å². The lowest BCUT2D eigenvalue weighted by Gasteiger charge is -2.29. The highest BCUT2D eigenvalue weighted by Gasteiger charge is 2.30. The molecule has 2 unspecified atom stereocenters. The number of likely N-dealkylation sites (tertiary alicyclic amines) is 1. The summed E-state index contributed by atoms with van der Waals surface area (Å²) in [5.74, 6) is 0.512. The Balaban J connectivity index is 1.39. The van der Waals surface area contributed by atoms with Crippen LogP contribution in [0.4, 0.5) is 5.69 Å². The summed E-state index contributed by atoms with van der Waals surface area (Å²) in [6.45, 7) is 2.52. The molecule has 2 atom stereocenters. The number of hydrogen-bond donors (Lipinski definition) is 2. The van der Waals surface area contributed by atoms with Gasteiger partial charge in [0, 0.05) is 22.9 Å². The van der Waals surface area contributed by atoms with Crippen LogP contribution < -0.4 is 15.4 Å². The molecule has 2 aliphatic heterocycles. The van der Waals surface area contributed by atoms with Crippen molar-refractivity contribution in [1.82, 2.24) is 10.2 Å². The van der Waals surface area contributed by atoms with E-state index in [1.54, 1.807) is 19.2 Å². The van der Waals surface area contributed by atoms with Crippen LogP contribution >= 0.6 is 23.4 Å². The molecule has 0 saturated carbocycles. The third kappa shape index (κ3) is 5.34. The van der Waals surface area contributed by atoms with E-state index in [4.69, 9.17) is 16.3 Å². The van der Waals surface area contributed by atoms with Crippen molar-refractivity contribution < 1.29 is 14.3 Å². The first-order valence-corrected chi connectivity index (χ1v) is 11.7. The molecule has 8 heteroatoms. The van der Waals surface area contributed by atoms with Gasteiger partial charge in [0.25, 0.3) is 0 Å². The van der Waals surface area contributed by atoms with Crippen molar-refractivity contribution in [1.29, 1.82) is 0 Å². The number of nitrogens with zero attached hydrogens (tertiary/aromatic N) is 1. The van der Waals surface area contributed by atoms with Crippen molar-refractivity contribution in [2.24, 2.45) is 0 Å². The van der Waals surface area contributed by atoms with E-state index < -0.39 is 5.25 Å². The second-order valence-electron chi connectivity index (χ2n) is 7.78. The summed E-state index contributed by atoms with van der Waals surface area (Å²) in [7, 11) is 1.66. The molecule has 2 N–H and O–H groups in total. The molecule has 31 heavy (non-hydrogen) atoms. The number of rotatable bonds is 7. The Morgan fingerprint density at radius 2 is 2.10 bits per heavy atom. The second-order valence-corrected chi connectivity index (χ2v) is 9.46. The molecule has 2 heterocycles. The molecule has 0 aliphatic carbocycles. The van der Waals surface area contributed by atoms with Crippen molar-refractivity contribution in [2.45, 2.75) is 35.4 Å². The molecule has 1 saturated heterocycles. The molecular weight excluding hydrogens is 434 g/mol. The maximum atomic E-state index is 12.7. The third-order valence-electron chi connectivity index (χ3n) is 5.68. The number of methoxy groups -OCH3 is 1. The van der Waals surface area contributed by atoms with Gasteiger partial charge in [-0.1, -0.05) is 23.7 Å². The average Bonchev–Trinajstić information content (AvgIpc) is 3.29. The fourth-order valence-electron chi connectivity index (χ4n) is 4.07. The topological polar surface area (TPSA) is 70.7 Å². The Kier molecular flexibility index (Phi) is 7.05. The van der Waals surface area contributed by atoms with E-state index in [1.807, 2.05) is 24.3 Å². The van der Waals surface area contributed by atoms with Crippen LogP contribution in [0.25, 0.3) is 0 Å².